The topological polar surface area (TPSA) is 88.4 Å². The van der Waals surface area contributed by atoms with Gasteiger partial charge in [0.1, 0.15) is 5.58 Å². The summed E-state index contributed by atoms with van der Waals surface area (Å²) >= 11 is 0. The Hall–Kier alpha value is -2.64. The number of nitrogens with one attached hydrogen (secondary N) is 2. The van der Waals surface area contributed by atoms with Crippen LogP contribution in [0.15, 0.2) is 56.6 Å². The van der Waals surface area contributed by atoms with Crippen molar-refractivity contribution in [2.75, 3.05) is 5.32 Å². The van der Waals surface area contributed by atoms with Gasteiger partial charge in [0.15, 0.2) is 0 Å². The van der Waals surface area contributed by atoms with E-state index in [4.69, 9.17) is 4.42 Å². The van der Waals surface area contributed by atoms with Gasteiger partial charge in [-0.25, -0.2) is 17.9 Å². The Morgan fingerprint density at radius 1 is 1.03 bits per heavy atom. The second-order valence-corrected chi connectivity index (χ2v) is 9.89. The van der Waals surface area contributed by atoms with Gasteiger partial charge in [-0.2, -0.15) is 0 Å². The van der Waals surface area contributed by atoms with Crippen molar-refractivity contribution < 1.29 is 12.8 Å². The van der Waals surface area contributed by atoms with Gasteiger partial charge in [0.25, 0.3) is 0 Å². The molecule has 2 aromatic carbocycles. The van der Waals surface area contributed by atoms with E-state index in [1.54, 1.807) is 45.0 Å². The minimum Gasteiger partial charge on any atom is -0.422 e. The first-order chi connectivity index (χ1) is 13.5. The molecule has 6 nitrogen and oxygen atoms in total. The molecule has 7 heteroatoms. The van der Waals surface area contributed by atoms with Crippen molar-refractivity contribution in [2.45, 2.75) is 51.6 Å². The van der Waals surface area contributed by atoms with Crippen LogP contribution in [-0.2, 0) is 16.6 Å². The van der Waals surface area contributed by atoms with E-state index in [9.17, 15) is 13.2 Å². The first-order valence-electron chi connectivity index (χ1n) is 9.37. The summed E-state index contributed by atoms with van der Waals surface area (Å²) in [4.78, 5) is 12.2. The van der Waals surface area contributed by atoms with Crippen molar-refractivity contribution in [3.05, 3.63) is 69.6 Å². The van der Waals surface area contributed by atoms with Crippen LogP contribution in [0.5, 0.6) is 0 Å². The van der Waals surface area contributed by atoms with Crippen molar-refractivity contribution in [1.82, 2.24) is 4.72 Å². The fraction of sp³-hybridized carbons (Fsp3) is 0.318. The maximum atomic E-state index is 12.6. The number of rotatable bonds is 5. The van der Waals surface area contributed by atoms with Gasteiger partial charge in [-0.15, -0.1) is 0 Å². The van der Waals surface area contributed by atoms with Crippen molar-refractivity contribution in [1.29, 1.82) is 0 Å². The van der Waals surface area contributed by atoms with E-state index in [1.165, 1.54) is 6.07 Å². The molecule has 3 aromatic rings. The van der Waals surface area contributed by atoms with Gasteiger partial charge >= 0.3 is 5.63 Å². The van der Waals surface area contributed by atoms with Gasteiger partial charge in [0.2, 0.25) is 10.0 Å². The van der Waals surface area contributed by atoms with Gasteiger partial charge in [0.05, 0.1) is 4.90 Å². The second kappa shape index (κ2) is 7.65. The third-order valence-electron chi connectivity index (χ3n) is 4.59. The molecule has 0 bridgehead atoms. The lowest BCUT2D eigenvalue weighted by atomic mass is 10.0. The number of aryl methyl sites for hydroxylation is 2. The third-order valence-corrected chi connectivity index (χ3v) is 6.34. The van der Waals surface area contributed by atoms with Crippen LogP contribution in [-0.4, -0.2) is 14.0 Å². The fourth-order valence-electron chi connectivity index (χ4n) is 3.10. The van der Waals surface area contributed by atoms with E-state index >= 15 is 0 Å². The summed E-state index contributed by atoms with van der Waals surface area (Å²) < 4.78 is 33.2. The van der Waals surface area contributed by atoms with Crippen molar-refractivity contribution >= 4 is 26.7 Å². The van der Waals surface area contributed by atoms with E-state index in [0.717, 1.165) is 22.1 Å². The number of hydrogen-bond acceptors (Lipinski definition) is 5. The molecule has 0 amide bonds. The SMILES string of the molecule is Cc1ccc2c(CNc3cccc(S(=O)(=O)NC(C)(C)C)c3)cc(=O)oc2c1C. The first kappa shape index (κ1) is 21.1. The number of fused-ring (bicyclic) bond motifs is 1. The predicted octanol–water partition coefficient (Wildman–Crippen LogP) is 4.10. The molecule has 0 saturated carbocycles. The lowest BCUT2D eigenvalue weighted by Gasteiger charge is -2.20. The molecule has 29 heavy (non-hydrogen) atoms. The maximum Gasteiger partial charge on any atom is 0.336 e. The standard InChI is InChI=1S/C22H26N2O4S/c1-14-9-10-19-16(11-20(25)28-21(19)15(14)2)13-23-17-7-6-8-18(12-17)29(26,27)24-22(3,4)5/h6-12,23-24H,13H2,1-5H3. The summed E-state index contributed by atoms with van der Waals surface area (Å²) in [5.41, 5.74) is 3.02. The molecule has 0 atom stereocenters. The quantitative estimate of drug-likeness (QED) is 0.614. The van der Waals surface area contributed by atoms with Crippen LogP contribution >= 0.6 is 0 Å². The molecule has 0 fully saturated rings. The van der Waals surface area contributed by atoms with Gasteiger partial charge in [-0.05, 0) is 69.5 Å². The highest BCUT2D eigenvalue weighted by Gasteiger charge is 2.22. The Balaban J connectivity index is 1.90. The Morgan fingerprint density at radius 3 is 2.45 bits per heavy atom. The van der Waals surface area contributed by atoms with Gasteiger partial charge in [-0.3, -0.25) is 0 Å². The summed E-state index contributed by atoms with van der Waals surface area (Å²) in [5.74, 6) is 0. The maximum absolute atomic E-state index is 12.6. The molecule has 0 aliphatic carbocycles. The molecule has 0 radical (unpaired) electrons. The number of sulfonamides is 1. The predicted molar refractivity (Wildman–Crippen MR) is 116 cm³/mol. The van der Waals surface area contributed by atoms with Crippen molar-refractivity contribution in [3.63, 3.8) is 0 Å². The Bertz CT molecular complexity index is 1220. The lowest BCUT2D eigenvalue weighted by molar-refractivity contribution is 0.491. The number of hydrogen-bond donors (Lipinski definition) is 2. The molecule has 0 saturated heterocycles. The number of benzene rings is 2. The van der Waals surface area contributed by atoms with E-state index in [2.05, 4.69) is 10.0 Å². The summed E-state index contributed by atoms with van der Waals surface area (Å²) in [7, 11) is -3.63. The molecular weight excluding hydrogens is 388 g/mol. The summed E-state index contributed by atoms with van der Waals surface area (Å²) in [6.07, 6.45) is 0. The summed E-state index contributed by atoms with van der Waals surface area (Å²) in [6, 6.07) is 12.0. The molecule has 2 N–H and O–H groups in total. The third kappa shape index (κ3) is 4.86. The highest BCUT2D eigenvalue weighted by atomic mass is 32.2. The molecule has 0 aliphatic heterocycles. The van der Waals surface area contributed by atoms with E-state index in [0.29, 0.717) is 17.8 Å². The molecule has 0 unspecified atom stereocenters. The van der Waals surface area contributed by atoms with Gasteiger partial charge < -0.3 is 9.73 Å². The average molecular weight is 415 g/mol. The van der Waals surface area contributed by atoms with Crippen LogP contribution in [0.25, 0.3) is 11.0 Å². The monoisotopic (exact) mass is 414 g/mol. The molecule has 0 spiro atoms. The van der Waals surface area contributed by atoms with Crippen molar-refractivity contribution in [2.24, 2.45) is 0 Å². The van der Waals surface area contributed by atoms with Gasteiger partial charge in [-0.1, -0.05) is 18.2 Å². The lowest BCUT2D eigenvalue weighted by Crippen LogP contribution is -2.40. The zero-order chi connectivity index (χ0) is 21.4. The normalized spacial score (nSPS) is 12.3. The van der Waals surface area contributed by atoms with Crippen LogP contribution < -0.4 is 15.7 Å². The van der Waals surface area contributed by atoms with Crippen LogP contribution in [0, 0.1) is 13.8 Å². The van der Waals surface area contributed by atoms with E-state index in [-0.39, 0.29) is 4.90 Å². The summed E-state index contributed by atoms with van der Waals surface area (Å²) in [5, 5.41) is 4.08. The van der Waals surface area contributed by atoms with Crippen molar-refractivity contribution in [3.8, 4) is 0 Å². The van der Waals surface area contributed by atoms with Crippen LogP contribution in [0.4, 0.5) is 5.69 Å². The average Bonchev–Trinajstić information content (AvgIpc) is 2.61. The van der Waals surface area contributed by atoms with E-state index in [1.807, 2.05) is 26.0 Å². The van der Waals surface area contributed by atoms with Crippen LogP contribution in [0.3, 0.4) is 0 Å². The zero-order valence-corrected chi connectivity index (χ0v) is 18.1. The highest BCUT2D eigenvalue weighted by molar-refractivity contribution is 7.89. The largest absolute Gasteiger partial charge is 0.422 e. The van der Waals surface area contributed by atoms with Crippen LogP contribution in [0.2, 0.25) is 0 Å². The second-order valence-electron chi connectivity index (χ2n) is 8.21. The zero-order valence-electron chi connectivity index (χ0n) is 17.3. The highest BCUT2D eigenvalue weighted by Crippen LogP contribution is 2.24. The first-order valence-corrected chi connectivity index (χ1v) is 10.9. The Labute approximate surface area is 171 Å². The minimum absolute atomic E-state index is 0.182. The molecular formula is C22H26N2O4S. The smallest absolute Gasteiger partial charge is 0.336 e. The fourth-order valence-corrected chi connectivity index (χ4v) is 4.57. The van der Waals surface area contributed by atoms with Gasteiger partial charge in [0, 0.05) is 29.2 Å². The molecule has 0 aliphatic rings. The van der Waals surface area contributed by atoms with Crippen LogP contribution in [0.1, 0.15) is 37.5 Å². The minimum atomic E-state index is -3.63. The summed E-state index contributed by atoms with van der Waals surface area (Å²) in [6.45, 7) is 9.64. The molecule has 154 valence electrons. The molecule has 3 rings (SSSR count). The Kier molecular flexibility index (Phi) is 5.56. The Morgan fingerprint density at radius 2 is 1.76 bits per heavy atom. The van der Waals surface area contributed by atoms with E-state index < -0.39 is 21.2 Å². The molecule has 1 aromatic heterocycles. The number of anilines is 1. The molecule has 1 heterocycles.